The Labute approximate surface area is 86.7 Å². The number of hydrogen-bond acceptors (Lipinski definition) is 1. The summed E-state index contributed by atoms with van der Waals surface area (Å²) in [5, 5.41) is 4.14. The van der Waals surface area contributed by atoms with Gasteiger partial charge in [-0.25, -0.2) is 0 Å². The van der Waals surface area contributed by atoms with E-state index in [0.717, 1.165) is 30.0 Å². The van der Waals surface area contributed by atoms with E-state index >= 15 is 0 Å². The fraction of sp³-hybridized carbons (Fsp3) is 0.900. The second-order valence-electron chi connectivity index (χ2n) is 4.06. The Balaban J connectivity index is 2.57. The number of nitrogens with zero attached hydrogens (tertiary/aromatic N) is 1. The van der Waals surface area contributed by atoms with Crippen molar-refractivity contribution in [3.8, 4) is 0 Å². The summed E-state index contributed by atoms with van der Waals surface area (Å²) < 4.78 is 0. The average molecular weight is 200 g/mol. The van der Waals surface area contributed by atoms with Crippen LogP contribution in [-0.2, 0) is 0 Å². The van der Waals surface area contributed by atoms with E-state index in [1.54, 1.807) is 0 Å². The van der Waals surface area contributed by atoms with Crippen molar-refractivity contribution < 1.29 is 0 Å². The third-order valence-corrected chi connectivity index (χ3v) is 3.60. The molecule has 1 saturated heterocycles. The summed E-state index contributed by atoms with van der Waals surface area (Å²) in [7, 11) is 0. The van der Waals surface area contributed by atoms with E-state index in [4.69, 9.17) is 12.2 Å². The molecule has 76 valence electrons. The van der Waals surface area contributed by atoms with E-state index in [-0.39, 0.29) is 0 Å². The summed E-state index contributed by atoms with van der Waals surface area (Å²) in [5.41, 5.74) is 0. The van der Waals surface area contributed by atoms with Crippen LogP contribution in [0.15, 0.2) is 0 Å². The summed E-state index contributed by atoms with van der Waals surface area (Å²) >= 11 is 5.31. The van der Waals surface area contributed by atoms with E-state index < -0.39 is 0 Å². The van der Waals surface area contributed by atoms with Crippen LogP contribution in [0.3, 0.4) is 0 Å². The lowest BCUT2D eigenvalue weighted by atomic mass is 9.95. The molecule has 0 spiro atoms. The van der Waals surface area contributed by atoms with Crippen LogP contribution in [0.5, 0.6) is 0 Å². The van der Waals surface area contributed by atoms with Gasteiger partial charge < -0.3 is 10.2 Å². The van der Waals surface area contributed by atoms with Gasteiger partial charge in [0, 0.05) is 19.1 Å². The van der Waals surface area contributed by atoms with E-state index in [1.807, 2.05) is 0 Å². The van der Waals surface area contributed by atoms with Gasteiger partial charge in [0.05, 0.1) is 0 Å². The Morgan fingerprint density at radius 3 is 2.46 bits per heavy atom. The Morgan fingerprint density at radius 2 is 2.08 bits per heavy atom. The van der Waals surface area contributed by atoms with E-state index in [0.29, 0.717) is 6.04 Å². The molecule has 1 aliphatic rings. The molecule has 1 N–H and O–H groups in total. The van der Waals surface area contributed by atoms with E-state index in [9.17, 15) is 0 Å². The predicted molar refractivity (Wildman–Crippen MR) is 60.8 cm³/mol. The lowest BCUT2D eigenvalue weighted by Crippen LogP contribution is -2.42. The summed E-state index contributed by atoms with van der Waals surface area (Å²) in [6.07, 6.45) is 0. The van der Waals surface area contributed by atoms with Crippen LogP contribution in [0.25, 0.3) is 0 Å². The molecular weight excluding hydrogens is 180 g/mol. The van der Waals surface area contributed by atoms with Crippen LogP contribution in [-0.4, -0.2) is 29.1 Å². The summed E-state index contributed by atoms with van der Waals surface area (Å²) in [4.78, 5) is 2.31. The smallest absolute Gasteiger partial charge is 0.169 e. The maximum absolute atomic E-state index is 5.31. The van der Waals surface area contributed by atoms with Gasteiger partial charge in [-0.05, 0) is 37.9 Å². The van der Waals surface area contributed by atoms with Crippen LogP contribution in [0.2, 0.25) is 0 Å². The number of nitrogens with one attached hydrogen (secondary N) is 1. The highest BCUT2D eigenvalue weighted by molar-refractivity contribution is 7.80. The molecule has 1 rings (SSSR count). The molecular formula is C10H20N2S. The van der Waals surface area contributed by atoms with Crippen molar-refractivity contribution in [2.24, 2.45) is 11.8 Å². The molecule has 3 unspecified atom stereocenters. The third kappa shape index (κ3) is 2.13. The predicted octanol–water partition coefficient (Wildman–Crippen LogP) is 1.86. The highest BCUT2D eigenvalue weighted by atomic mass is 32.1. The summed E-state index contributed by atoms with van der Waals surface area (Å²) in [6.45, 7) is 11.0. The Bertz CT molecular complexity index is 193. The molecule has 3 heteroatoms. The second-order valence-corrected chi connectivity index (χ2v) is 4.45. The monoisotopic (exact) mass is 200 g/mol. The fourth-order valence-corrected chi connectivity index (χ4v) is 2.31. The zero-order valence-corrected chi connectivity index (χ0v) is 9.82. The highest BCUT2D eigenvalue weighted by Crippen LogP contribution is 2.28. The lowest BCUT2D eigenvalue weighted by molar-refractivity contribution is 0.361. The molecule has 1 heterocycles. The number of thiocarbonyl (C=S) groups is 1. The van der Waals surface area contributed by atoms with Crippen LogP contribution in [0.4, 0.5) is 0 Å². The normalized spacial score (nSPS) is 33.5. The molecule has 0 aliphatic carbocycles. The van der Waals surface area contributed by atoms with Crippen molar-refractivity contribution in [3.05, 3.63) is 0 Å². The molecule has 0 radical (unpaired) electrons. The first-order chi connectivity index (χ1) is 6.07. The fourth-order valence-electron chi connectivity index (χ4n) is 1.92. The van der Waals surface area contributed by atoms with Gasteiger partial charge in [0.25, 0.3) is 0 Å². The van der Waals surface area contributed by atoms with Gasteiger partial charge in [-0.1, -0.05) is 13.8 Å². The third-order valence-electron chi connectivity index (χ3n) is 3.22. The molecule has 2 nitrogen and oxygen atoms in total. The molecule has 0 aromatic rings. The minimum Gasteiger partial charge on any atom is -0.363 e. The van der Waals surface area contributed by atoms with Gasteiger partial charge in [0.2, 0.25) is 0 Å². The molecule has 0 aromatic heterocycles. The van der Waals surface area contributed by atoms with E-state index in [1.165, 1.54) is 0 Å². The number of rotatable bonds is 1. The van der Waals surface area contributed by atoms with Gasteiger partial charge in [0.1, 0.15) is 0 Å². The highest BCUT2D eigenvalue weighted by Gasteiger charge is 2.34. The minimum atomic E-state index is 0.585. The molecule has 0 bridgehead atoms. The molecule has 0 amide bonds. The Morgan fingerprint density at radius 1 is 1.46 bits per heavy atom. The van der Waals surface area contributed by atoms with Crippen molar-refractivity contribution in [2.75, 3.05) is 13.1 Å². The first-order valence-electron chi connectivity index (χ1n) is 5.12. The molecule has 13 heavy (non-hydrogen) atoms. The Hall–Kier alpha value is -0.310. The van der Waals surface area contributed by atoms with Gasteiger partial charge in [-0.3, -0.25) is 0 Å². The largest absolute Gasteiger partial charge is 0.363 e. The maximum Gasteiger partial charge on any atom is 0.169 e. The minimum absolute atomic E-state index is 0.585. The van der Waals surface area contributed by atoms with Gasteiger partial charge in [-0.15, -0.1) is 0 Å². The van der Waals surface area contributed by atoms with Crippen molar-refractivity contribution in [1.29, 1.82) is 0 Å². The Kier molecular flexibility index (Phi) is 3.54. The summed E-state index contributed by atoms with van der Waals surface area (Å²) in [5.74, 6) is 1.50. The molecule has 0 saturated carbocycles. The number of hydrogen-bond donors (Lipinski definition) is 1. The maximum atomic E-state index is 5.31. The summed E-state index contributed by atoms with van der Waals surface area (Å²) in [6, 6.07) is 0.585. The quantitative estimate of drug-likeness (QED) is 0.650. The van der Waals surface area contributed by atoms with Crippen LogP contribution in [0, 0.1) is 11.8 Å². The molecule has 1 aliphatic heterocycles. The lowest BCUT2D eigenvalue weighted by Gasteiger charge is -2.26. The van der Waals surface area contributed by atoms with Crippen molar-refractivity contribution in [3.63, 3.8) is 0 Å². The second kappa shape index (κ2) is 4.27. The molecule has 1 fully saturated rings. The zero-order chi connectivity index (χ0) is 10.0. The van der Waals surface area contributed by atoms with Crippen LogP contribution >= 0.6 is 12.2 Å². The first-order valence-corrected chi connectivity index (χ1v) is 5.53. The van der Waals surface area contributed by atoms with Crippen molar-refractivity contribution in [1.82, 2.24) is 10.2 Å². The standard InChI is InChI=1S/C10H20N2S/c1-5-11-10(13)12-6-7(2)8(3)9(12)4/h7-9H,5-6H2,1-4H3,(H,11,13). The van der Waals surface area contributed by atoms with Gasteiger partial charge in [-0.2, -0.15) is 0 Å². The van der Waals surface area contributed by atoms with Gasteiger partial charge in [0.15, 0.2) is 5.11 Å². The SMILES string of the molecule is CCNC(=S)N1CC(C)C(C)C1C. The van der Waals surface area contributed by atoms with E-state index in [2.05, 4.69) is 37.9 Å². The topological polar surface area (TPSA) is 15.3 Å². The van der Waals surface area contributed by atoms with Crippen molar-refractivity contribution in [2.45, 2.75) is 33.7 Å². The molecule has 0 aromatic carbocycles. The number of likely N-dealkylation sites (tertiary alicyclic amines) is 1. The van der Waals surface area contributed by atoms with Crippen molar-refractivity contribution >= 4 is 17.3 Å². The zero-order valence-electron chi connectivity index (χ0n) is 9.00. The molecule has 3 atom stereocenters. The van der Waals surface area contributed by atoms with Crippen LogP contribution in [0.1, 0.15) is 27.7 Å². The van der Waals surface area contributed by atoms with Gasteiger partial charge >= 0.3 is 0 Å². The average Bonchev–Trinajstić information content (AvgIpc) is 2.33. The van der Waals surface area contributed by atoms with Crippen LogP contribution < -0.4 is 5.32 Å². The first kappa shape index (κ1) is 10.8.